The third kappa shape index (κ3) is 3.41. The summed E-state index contributed by atoms with van der Waals surface area (Å²) in [5, 5.41) is 14.9. The normalized spacial score (nSPS) is 29.7. The molecule has 0 amide bonds. The van der Waals surface area contributed by atoms with Crippen molar-refractivity contribution in [3.63, 3.8) is 0 Å². The van der Waals surface area contributed by atoms with Gasteiger partial charge in [-0.15, -0.1) is 0 Å². The minimum absolute atomic E-state index is 0.474. The predicted molar refractivity (Wildman–Crippen MR) is 79.5 cm³/mol. The lowest BCUT2D eigenvalue weighted by atomic mass is 9.98. The van der Waals surface area contributed by atoms with E-state index in [1.165, 1.54) is 31.4 Å². The van der Waals surface area contributed by atoms with Crippen molar-refractivity contribution in [2.24, 2.45) is 0 Å². The number of likely N-dealkylation sites (tertiary alicyclic amines) is 1. The van der Waals surface area contributed by atoms with Crippen LogP contribution in [0.3, 0.4) is 0 Å². The summed E-state index contributed by atoms with van der Waals surface area (Å²) in [6.07, 6.45) is 10.3. The first kappa shape index (κ1) is 14.1. The first-order valence-corrected chi connectivity index (χ1v) is 8.11. The topological polar surface area (TPSA) is 41.3 Å². The molecule has 4 nitrogen and oxygen atoms in total. The van der Waals surface area contributed by atoms with E-state index in [2.05, 4.69) is 21.8 Å². The van der Waals surface area contributed by atoms with Crippen LogP contribution in [-0.4, -0.2) is 38.5 Å². The molecular weight excluding hydrogens is 250 g/mol. The zero-order chi connectivity index (χ0) is 14.0. The van der Waals surface area contributed by atoms with E-state index in [0.717, 1.165) is 38.9 Å². The van der Waals surface area contributed by atoms with E-state index in [4.69, 9.17) is 5.10 Å². The predicted octanol–water partition coefficient (Wildman–Crippen LogP) is 2.74. The van der Waals surface area contributed by atoms with Gasteiger partial charge in [-0.25, -0.2) is 0 Å². The highest BCUT2D eigenvalue weighted by Gasteiger charge is 2.25. The van der Waals surface area contributed by atoms with Gasteiger partial charge < -0.3 is 5.11 Å². The Labute approximate surface area is 121 Å². The second-order valence-corrected chi connectivity index (χ2v) is 6.85. The van der Waals surface area contributed by atoms with E-state index in [0.29, 0.717) is 6.04 Å². The summed E-state index contributed by atoms with van der Waals surface area (Å²) in [5.41, 5.74) is 0.705. The zero-order valence-electron chi connectivity index (χ0n) is 12.6. The van der Waals surface area contributed by atoms with Gasteiger partial charge in [-0.1, -0.05) is 12.8 Å². The number of hydrogen-bond acceptors (Lipinski definition) is 3. The molecule has 1 unspecified atom stereocenters. The van der Waals surface area contributed by atoms with Crippen molar-refractivity contribution >= 4 is 0 Å². The number of aliphatic hydroxyl groups is 1. The molecule has 1 atom stereocenters. The number of nitrogens with zero attached hydrogens (tertiary/aromatic N) is 3. The Morgan fingerprint density at radius 2 is 2.05 bits per heavy atom. The van der Waals surface area contributed by atoms with Gasteiger partial charge in [0.05, 0.1) is 17.3 Å². The van der Waals surface area contributed by atoms with Crippen molar-refractivity contribution in [2.45, 2.75) is 70.1 Å². The molecule has 0 bridgehead atoms. The third-order valence-corrected chi connectivity index (χ3v) is 4.90. The Morgan fingerprint density at radius 3 is 2.85 bits per heavy atom. The molecule has 2 aliphatic rings. The summed E-state index contributed by atoms with van der Waals surface area (Å²) in [7, 11) is 0. The van der Waals surface area contributed by atoms with Gasteiger partial charge in [0.15, 0.2) is 0 Å². The summed E-state index contributed by atoms with van der Waals surface area (Å²) in [5.74, 6) is 0. The van der Waals surface area contributed by atoms with E-state index in [1.54, 1.807) is 0 Å². The first-order valence-electron chi connectivity index (χ1n) is 8.11. The van der Waals surface area contributed by atoms with Crippen LogP contribution in [0.15, 0.2) is 12.3 Å². The number of rotatable bonds is 3. The van der Waals surface area contributed by atoms with Gasteiger partial charge in [-0.3, -0.25) is 9.58 Å². The molecule has 1 N–H and O–H groups in total. The smallest absolute Gasteiger partial charge is 0.0764 e. The fourth-order valence-electron chi connectivity index (χ4n) is 3.54. The highest BCUT2D eigenvalue weighted by Crippen LogP contribution is 2.29. The third-order valence-electron chi connectivity index (χ3n) is 4.90. The Hall–Kier alpha value is -0.870. The highest BCUT2D eigenvalue weighted by atomic mass is 16.3. The maximum Gasteiger partial charge on any atom is 0.0764 e. The second kappa shape index (κ2) is 5.86. The van der Waals surface area contributed by atoms with Crippen LogP contribution in [0.25, 0.3) is 0 Å². The lowest BCUT2D eigenvalue weighted by molar-refractivity contribution is 0.0444. The van der Waals surface area contributed by atoms with Crippen LogP contribution in [0.5, 0.6) is 0 Å². The van der Waals surface area contributed by atoms with Crippen molar-refractivity contribution in [3.8, 4) is 0 Å². The van der Waals surface area contributed by atoms with Crippen LogP contribution >= 0.6 is 0 Å². The van der Waals surface area contributed by atoms with E-state index in [9.17, 15) is 5.11 Å². The van der Waals surface area contributed by atoms with Gasteiger partial charge in [-0.2, -0.15) is 5.10 Å². The van der Waals surface area contributed by atoms with E-state index in [1.807, 2.05) is 6.92 Å². The molecule has 1 aliphatic carbocycles. The molecule has 3 rings (SSSR count). The minimum atomic E-state index is -0.474. The standard InChI is InChI=1S/C16H27N3O/c1-16(20)8-4-10-18(12-9-16)13-14-7-11-19(17-14)15-5-2-3-6-15/h7,11,15,20H,2-6,8-10,12-13H2,1H3. The van der Waals surface area contributed by atoms with E-state index < -0.39 is 5.60 Å². The molecule has 1 aromatic rings. The van der Waals surface area contributed by atoms with Crippen molar-refractivity contribution in [1.82, 2.24) is 14.7 Å². The first-order chi connectivity index (χ1) is 9.62. The van der Waals surface area contributed by atoms with Gasteiger partial charge in [0.1, 0.15) is 0 Å². The van der Waals surface area contributed by atoms with Crippen LogP contribution < -0.4 is 0 Å². The van der Waals surface area contributed by atoms with Crippen LogP contribution in [-0.2, 0) is 6.54 Å². The minimum Gasteiger partial charge on any atom is -0.390 e. The fourth-order valence-corrected chi connectivity index (χ4v) is 3.54. The van der Waals surface area contributed by atoms with Gasteiger partial charge in [0, 0.05) is 19.3 Å². The molecule has 20 heavy (non-hydrogen) atoms. The molecule has 1 aliphatic heterocycles. The summed E-state index contributed by atoms with van der Waals surface area (Å²) in [6, 6.07) is 2.80. The van der Waals surface area contributed by atoms with Crippen LogP contribution in [0.1, 0.15) is 63.6 Å². The van der Waals surface area contributed by atoms with Gasteiger partial charge in [-0.05, 0) is 51.6 Å². The molecule has 4 heteroatoms. The van der Waals surface area contributed by atoms with Crippen molar-refractivity contribution in [3.05, 3.63) is 18.0 Å². The average Bonchev–Trinajstić information content (AvgIpc) is 3.03. The highest BCUT2D eigenvalue weighted by molar-refractivity contribution is 5.00. The Bertz CT molecular complexity index is 435. The zero-order valence-corrected chi connectivity index (χ0v) is 12.6. The van der Waals surface area contributed by atoms with Gasteiger partial charge in [0.2, 0.25) is 0 Å². The molecule has 1 saturated carbocycles. The van der Waals surface area contributed by atoms with Crippen LogP contribution in [0.4, 0.5) is 0 Å². The maximum absolute atomic E-state index is 10.1. The average molecular weight is 277 g/mol. The number of aromatic nitrogens is 2. The maximum atomic E-state index is 10.1. The fraction of sp³-hybridized carbons (Fsp3) is 0.812. The monoisotopic (exact) mass is 277 g/mol. The summed E-state index contributed by atoms with van der Waals surface area (Å²) >= 11 is 0. The van der Waals surface area contributed by atoms with E-state index >= 15 is 0 Å². The molecule has 0 aromatic carbocycles. The Morgan fingerprint density at radius 1 is 1.25 bits per heavy atom. The quantitative estimate of drug-likeness (QED) is 0.923. The van der Waals surface area contributed by atoms with Gasteiger partial charge in [0.25, 0.3) is 0 Å². The van der Waals surface area contributed by atoms with Crippen molar-refractivity contribution in [2.75, 3.05) is 13.1 Å². The lowest BCUT2D eigenvalue weighted by Crippen LogP contribution is -2.28. The molecule has 1 saturated heterocycles. The Kier molecular flexibility index (Phi) is 4.13. The van der Waals surface area contributed by atoms with Crippen molar-refractivity contribution < 1.29 is 5.11 Å². The summed E-state index contributed by atoms with van der Waals surface area (Å²) in [6.45, 7) is 4.94. The van der Waals surface area contributed by atoms with Crippen LogP contribution in [0.2, 0.25) is 0 Å². The Balaban J connectivity index is 1.57. The molecule has 2 fully saturated rings. The molecule has 1 aromatic heterocycles. The number of hydrogen-bond donors (Lipinski definition) is 1. The molecule has 0 spiro atoms. The van der Waals surface area contributed by atoms with E-state index in [-0.39, 0.29) is 0 Å². The molecular formula is C16H27N3O. The summed E-state index contributed by atoms with van der Waals surface area (Å²) in [4.78, 5) is 2.43. The molecule has 0 radical (unpaired) electrons. The lowest BCUT2D eigenvalue weighted by Gasteiger charge is -2.21. The SMILES string of the molecule is CC1(O)CCCN(Cc2ccn(C3CCCC3)n2)CC1. The van der Waals surface area contributed by atoms with Gasteiger partial charge >= 0.3 is 0 Å². The molecule has 112 valence electrons. The largest absolute Gasteiger partial charge is 0.390 e. The van der Waals surface area contributed by atoms with Crippen LogP contribution in [0, 0.1) is 0 Å². The van der Waals surface area contributed by atoms with Crippen molar-refractivity contribution in [1.29, 1.82) is 0 Å². The molecule has 2 heterocycles. The summed E-state index contributed by atoms with van der Waals surface area (Å²) < 4.78 is 2.18. The second-order valence-electron chi connectivity index (χ2n) is 6.85.